The summed E-state index contributed by atoms with van der Waals surface area (Å²) < 4.78 is 0. The number of rotatable bonds is 1. The van der Waals surface area contributed by atoms with E-state index in [4.69, 9.17) is 5.73 Å². The first-order chi connectivity index (χ1) is 7.81. The molecule has 0 amide bonds. The number of nitrogens with two attached hydrogens (primary N) is 1. The highest BCUT2D eigenvalue weighted by Crippen LogP contribution is 2.35. The fourth-order valence-corrected chi connectivity index (χ4v) is 3.46. The minimum Gasteiger partial charge on any atom is -0.371 e. The molecule has 2 heteroatoms. The first-order valence-electron chi connectivity index (χ1n) is 6.37. The average Bonchev–Trinajstić information content (AvgIpc) is 2.28. The summed E-state index contributed by atoms with van der Waals surface area (Å²) in [6, 6.07) is 11.3. The minimum atomic E-state index is 0.460. The molecule has 2 unspecified atom stereocenters. The van der Waals surface area contributed by atoms with Gasteiger partial charge in [-0.2, -0.15) is 0 Å². The third-order valence-electron chi connectivity index (χ3n) is 4.02. The Hall–Kier alpha value is -1.02. The zero-order valence-corrected chi connectivity index (χ0v) is 9.68. The zero-order chi connectivity index (χ0) is 11.0. The van der Waals surface area contributed by atoms with E-state index >= 15 is 0 Å². The van der Waals surface area contributed by atoms with E-state index in [0.29, 0.717) is 6.04 Å². The summed E-state index contributed by atoms with van der Waals surface area (Å²) in [5, 5.41) is 0. The largest absolute Gasteiger partial charge is 0.371 e. The molecule has 1 aliphatic carbocycles. The molecule has 0 spiro atoms. The lowest BCUT2D eigenvalue weighted by Crippen LogP contribution is -2.47. The maximum atomic E-state index is 6.09. The van der Waals surface area contributed by atoms with Gasteiger partial charge in [0.2, 0.25) is 0 Å². The highest BCUT2D eigenvalue weighted by Gasteiger charge is 2.33. The lowest BCUT2D eigenvalue weighted by molar-refractivity contribution is 0.208. The fourth-order valence-electron chi connectivity index (χ4n) is 3.46. The Kier molecular flexibility index (Phi) is 2.60. The number of para-hydroxylation sites is 1. The molecule has 1 heterocycles. The van der Waals surface area contributed by atoms with Gasteiger partial charge in [-0.25, -0.2) is 0 Å². The lowest BCUT2D eigenvalue weighted by Gasteiger charge is -2.44. The Morgan fingerprint density at radius 2 is 1.56 bits per heavy atom. The van der Waals surface area contributed by atoms with Gasteiger partial charge in [-0.1, -0.05) is 18.2 Å². The second-order valence-electron chi connectivity index (χ2n) is 5.44. The molecule has 3 rings (SSSR count). The second kappa shape index (κ2) is 4.10. The average molecular weight is 216 g/mol. The lowest BCUT2D eigenvalue weighted by atomic mass is 9.75. The molecule has 2 fully saturated rings. The Bertz CT molecular complexity index is 331. The van der Waals surface area contributed by atoms with Crippen molar-refractivity contribution in [2.45, 2.75) is 25.3 Å². The molecule has 1 saturated carbocycles. The summed E-state index contributed by atoms with van der Waals surface area (Å²) in [7, 11) is 0. The van der Waals surface area contributed by atoms with Crippen LogP contribution in [0.25, 0.3) is 0 Å². The summed E-state index contributed by atoms with van der Waals surface area (Å²) >= 11 is 0. The SMILES string of the molecule is NC1CC2CC(C1)CN(c1ccccc1)C2. The fraction of sp³-hybridized carbons (Fsp3) is 0.571. The van der Waals surface area contributed by atoms with Crippen LogP contribution < -0.4 is 10.6 Å². The highest BCUT2D eigenvalue weighted by molar-refractivity contribution is 5.46. The van der Waals surface area contributed by atoms with Crippen molar-refractivity contribution in [3.05, 3.63) is 30.3 Å². The number of piperidine rings is 1. The van der Waals surface area contributed by atoms with Gasteiger partial charge in [-0.05, 0) is 43.2 Å². The molecule has 2 bridgehead atoms. The van der Waals surface area contributed by atoms with E-state index in [2.05, 4.69) is 35.2 Å². The molecule has 1 aliphatic heterocycles. The molecule has 2 atom stereocenters. The molecule has 16 heavy (non-hydrogen) atoms. The van der Waals surface area contributed by atoms with E-state index in [1.54, 1.807) is 0 Å². The van der Waals surface area contributed by atoms with Crippen molar-refractivity contribution in [1.29, 1.82) is 0 Å². The molecule has 0 aromatic heterocycles. The molecule has 0 radical (unpaired) electrons. The predicted molar refractivity (Wildman–Crippen MR) is 67.5 cm³/mol. The van der Waals surface area contributed by atoms with Gasteiger partial charge in [-0.15, -0.1) is 0 Å². The Morgan fingerprint density at radius 1 is 0.938 bits per heavy atom. The number of anilines is 1. The number of benzene rings is 1. The molecule has 86 valence electrons. The smallest absolute Gasteiger partial charge is 0.0366 e. The molecule has 2 nitrogen and oxygen atoms in total. The van der Waals surface area contributed by atoms with Crippen molar-refractivity contribution in [3.63, 3.8) is 0 Å². The number of fused-ring (bicyclic) bond motifs is 2. The molecular weight excluding hydrogens is 196 g/mol. The van der Waals surface area contributed by atoms with Crippen LogP contribution in [0.1, 0.15) is 19.3 Å². The van der Waals surface area contributed by atoms with Crippen molar-refractivity contribution < 1.29 is 0 Å². The normalized spacial score (nSPS) is 33.8. The van der Waals surface area contributed by atoms with E-state index in [0.717, 1.165) is 11.8 Å². The molecular formula is C14H20N2. The van der Waals surface area contributed by atoms with Gasteiger partial charge in [0.05, 0.1) is 0 Å². The van der Waals surface area contributed by atoms with Gasteiger partial charge in [0.1, 0.15) is 0 Å². The van der Waals surface area contributed by atoms with Crippen molar-refractivity contribution >= 4 is 5.69 Å². The van der Waals surface area contributed by atoms with Crippen molar-refractivity contribution in [2.75, 3.05) is 18.0 Å². The van der Waals surface area contributed by atoms with Crippen molar-refractivity contribution in [3.8, 4) is 0 Å². The van der Waals surface area contributed by atoms with Crippen LogP contribution in [0.15, 0.2) is 30.3 Å². The van der Waals surface area contributed by atoms with Crippen molar-refractivity contribution in [2.24, 2.45) is 17.6 Å². The Morgan fingerprint density at radius 3 is 2.19 bits per heavy atom. The first-order valence-corrected chi connectivity index (χ1v) is 6.37. The summed E-state index contributed by atoms with van der Waals surface area (Å²) in [5.41, 5.74) is 7.47. The van der Waals surface area contributed by atoms with Gasteiger partial charge in [0, 0.05) is 24.8 Å². The maximum Gasteiger partial charge on any atom is 0.0366 e. The Balaban J connectivity index is 1.76. The molecule has 2 aliphatic rings. The van der Waals surface area contributed by atoms with E-state index in [9.17, 15) is 0 Å². The molecule has 1 aromatic carbocycles. The van der Waals surface area contributed by atoms with Crippen molar-refractivity contribution in [1.82, 2.24) is 0 Å². The van der Waals surface area contributed by atoms with Crippen LogP contribution in [0.2, 0.25) is 0 Å². The topological polar surface area (TPSA) is 29.3 Å². The molecule has 1 aromatic rings. The second-order valence-corrected chi connectivity index (χ2v) is 5.44. The summed E-state index contributed by atoms with van der Waals surface area (Å²) in [6.07, 6.45) is 3.84. The predicted octanol–water partition coefficient (Wildman–Crippen LogP) is 2.25. The van der Waals surface area contributed by atoms with Crippen LogP contribution >= 0.6 is 0 Å². The van der Waals surface area contributed by atoms with E-state index in [1.165, 1.54) is 38.0 Å². The Labute approximate surface area is 97.4 Å². The number of hydrogen-bond acceptors (Lipinski definition) is 2. The zero-order valence-electron chi connectivity index (χ0n) is 9.68. The van der Waals surface area contributed by atoms with Gasteiger partial charge in [0.25, 0.3) is 0 Å². The van der Waals surface area contributed by atoms with Crippen LogP contribution in [0.5, 0.6) is 0 Å². The third kappa shape index (κ3) is 1.94. The van der Waals surface area contributed by atoms with E-state index in [-0.39, 0.29) is 0 Å². The number of hydrogen-bond donors (Lipinski definition) is 1. The van der Waals surface area contributed by atoms with Crippen LogP contribution in [0, 0.1) is 11.8 Å². The summed E-state index contributed by atoms with van der Waals surface area (Å²) in [6.45, 7) is 2.41. The monoisotopic (exact) mass is 216 g/mol. The quantitative estimate of drug-likeness (QED) is 0.780. The van der Waals surface area contributed by atoms with Crippen LogP contribution in [0.3, 0.4) is 0 Å². The number of nitrogens with zero attached hydrogens (tertiary/aromatic N) is 1. The summed E-state index contributed by atoms with van der Waals surface area (Å²) in [5.74, 6) is 1.64. The van der Waals surface area contributed by atoms with Gasteiger partial charge in [0.15, 0.2) is 0 Å². The third-order valence-corrected chi connectivity index (χ3v) is 4.02. The van der Waals surface area contributed by atoms with E-state index in [1.807, 2.05) is 0 Å². The van der Waals surface area contributed by atoms with Gasteiger partial charge >= 0.3 is 0 Å². The van der Waals surface area contributed by atoms with Crippen LogP contribution in [-0.4, -0.2) is 19.1 Å². The van der Waals surface area contributed by atoms with E-state index < -0.39 is 0 Å². The van der Waals surface area contributed by atoms with Crippen LogP contribution in [0.4, 0.5) is 5.69 Å². The van der Waals surface area contributed by atoms with Gasteiger partial charge in [-0.3, -0.25) is 0 Å². The van der Waals surface area contributed by atoms with Crippen LogP contribution in [-0.2, 0) is 0 Å². The minimum absolute atomic E-state index is 0.460. The highest BCUT2D eigenvalue weighted by atomic mass is 15.1. The summed E-state index contributed by atoms with van der Waals surface area (Å²) in [4.78, 5) is 2.55. The molecule has 2 N–H and O–H groups in total. The molecule has 1 saturated heterocycles. The van der Waals surface area contributed by atoms with Gasteiger partial charge < -0.3 is 10.6 Å². The first kappa shape index (κ1) is 10.2. The maximum absolute atomic E-state index is 6.09. The standard InChI is InChI=1S/C14H20N2/c15-13-7-11-6-12(8-13)10-16(9-11)14-4-2-1-3-5-14/h1-5,11-13H,6-10,15H2.